The molecule has 1 aromatic rings. The van der Waals surface area contributed by atoms with Gasteiger partial charge in [0.1, 0.15) is 6.07 Å². The topological polar surface area (TPSA) is 43.2 Å². The summed E-state index contributed by atoms with van der Waals surface area (Å²) in [5, 5.41) is 9.15. The van der Waals surface area contributed by atoms with Crippen molar-refractivity contribution in [3.8, 4) is 6.07 Å². The molecule has 0 radical (unpaired) electrons. The Morgan fingerprint density at radius 3 is 3.00 bits per heavy atom. The monoisotopic (exact) mass is 242 g/mol. The minimum atomic E-state index is 0.554. The van der Waals surface area contributed by atoms with Gasteiger partial charge in [0.25, 0.3) is 0 Å². The molecule has 2 saturated heterocycles. The van der Waals surface area contributed by atoms with Crippen LogP contribution in [-0.2, 0) is 0 Å². The fourth-order valence-electron chi connectivity index (χ4n) is 3.27. The Bertz CT molecular complexity index is 479. The Labute approximate surface area is 108 Å². The fraction of sp³-hybridized carbons (Fsp3) is 0.571. The van der Waals surface area contributed by atoms with Gasteiger partial charge in [0.2, 0.25) is 0 Å². The molecule has 3 heterocycles. The molecule has 2 atom stereocenters. The average Bonchev–Trinajstić information content (AvgIpc) is 2.63. The van der Waals surface area contributed by atoms with E-state index in [1.807, 2.05) is 12.1 Å². The molecule has 0 spiro atoms. The number of fused-ring (bicyclic) bond motifs is 2. The normalized spacial score (nSPS) is 27.9. The summed E-state index contributed by atoms with van der Waals surface area (Å²) in [5.74, 6) is 0. The molecule has 18 heavy (non-hydrogen) atoms. The van der Waals surface area contributed by atoms with Crippen LogP contribution in [0, 0.1) is 11.3 Å². The van der Waals surface area contributed by atoms with E-state index in [9.17, 15) is 0 Å². The molecule has 0 N–H and O–H groups in total. The van der Waals surface area contributed by atoms with E-state index in [-0.39, 0.29) is 0 Å². The van der Waals surface area contributed by atoms with Crippen molar-refractivity contribution in [3.05, 3.63) is 24.0 Å². The first-order valence-electron chi connectivity index (χ1n) is 6.61. The number of nitrogens with zero attached hydrogens (tertiary/aromatic N) is 4. The van der Waals surface area contributed by atoms with E-state index in [4.69, 9.17) is 5.26 Å². The molecule has 1 aromatic heterocycles. The zero-order valence-corrected chi connectivity index (χ0v) is 10.7. The molecular formula is C14H18N4. The Balaban J connectivity index is 1.87. The summed E-state index contributed by atoms with van der Waals surface area (Å²) < 4.78 is 0. The summed E-state index contributed by atoms with van der Waals surface area (Å²) >= 11 is 0. The third kappa shape index (κ3) is 1.85. The van der Waals surface area contributed by atoms with E-state index in [1.165, 1.54) is 19.3 Å². The number of pyridine rings is 1. The molecule has 3 rings (SSSR count). The predicted molar refractivity (Wildman–Crippen MR) is 70.4 cm³/mol. The van der Waals surface area contributed by atoms with Gasteiger partial charge in [0.05, 0.1) is 5.69 Å². The van der Waals surface area contributed by atoms with Gasteiger partial charge in [-0.3, -0.25) is 4.90 Å². The van der Waals surface area contributed by atoms with Crippen LogP contribution < -0.4 is 4.90 Å². The lowest BCUT2D eigenvalue weighted by atomic mass is 10.1. The lowest BCUT2D eigenvalue weighted by Crippen LogP contribution is -2.37. The molecule has 4 nitrogen and oxygen atoms in total. The van der Waals surface area contributed by atoms with Crippen LogP contribution in [-0.4, -0.2) is 42.1 Å². The number of hydrogen-bond donors (Lipinski definition) is 0. The first-order chi connectivity index (χ1) is 8.79. The molecule has 4 heteroatoms. The molecule has 0 aromatic carbocycles. The quantitative estimate of drug-likeness (QED) is 0.750. The minimum Gasteiger partial charge on any atom is -0.368 e. The first-order valence-corrected chi connectivity index (χ1v) is 6.61. The minimum absolute atomic E-state index is 0.554. The Kier molecular flexibility index (Phi) is 2.92. The van der Waals surface area contributed by atoms with Gasteiger partial charge in [-0.25, -0.2) is 4.98 Å². The van der Waals surface area contributed by atoms with Gasteiger partial charge in [0, 0.05) is 31.4 Å². The highest BCUT2D eigenvalue weighted by Crippen LogP contribution is 2.31. The SMILES string of the molecule is CN1C2CCC1CN(c1cccnc1C#N)CC2. The molecule has 94 valence electrons. The molecule has 2 fully saturated rings. The largest absolute Gasteiger partial charge is 0.368 e. The van der Waals surface area contributed by atoms with Crippen LogP contribution in [0.4, 0.5) is 5.69 Å². The highest BCUT2D eigenvalue weighted by molar-refractivity contribution is 5.56. The summed E-state index contributed by atoms with van der Waals surface area (Å²) in [5.41, 5.74) is 1.55. The summed E-state index contributed by atoms with van der Waals surface area (Å²) in [7, 11) is 2.24. The van der Waals surface area contributed by atoms with Crippen molar-refractivity contribution in [1.29, 1.82) is 5.26 Å². The summed E-state index contributed by atoms with van der Waals surface area (Å²) in [6, 6.07) is 7.49. The third-order valence-corrected chi connectivity index (χ3v) is 4.38. The van der Waals surface area contributed by atoms with Gasteiger partial charge in [-0.15, -0.1) is 0 Å². The number of likely N-dealkylation sites (N-methyl/N-ethyl adjacent to an activating group) is 1. The van der Waals surface area contributed by atoms with Crippen molar-refractivity contribution in [2.45, 2.75) is 31.3 Å². The van der Waals surface area contributed by atoms with Crippen molar-refractivity contribution in [3.63, 3.8) is 0 Å². The second-order valence-electron chi connectivity index (χ2n) is 5.27. The number of anilines is 1. The van der Waals surface area contributed by atoms with Gasteiger partial charge in [-0.1, -0.05) is 0 Å². The van der Waals surface area contributed by atoms with E-state index in [1.54, 1.807) is 6.20 Å². The molecule has 2 bridgehead atoms. The first kappa shape index (κ1) is 11.5. The third-order valence-electron chi connectivity index (χ3n) is 4.38. The molecule has 0 amide bonds. The molecule has 0 aliphatic carbocycles. The molecular weight excluding hydrogens is 224 g/mol. The van der Waals surface area contributed by atoms with Crippen LogP contribution in [0.2, 0.25) is 0 Å². The second-order valence-corrected chi connectivity index (χ2v) is 5.27. The average molecular weight is 242 g/mol. The van der Waals surface area contributed by atoms with E-state index in [0.717, 1.165) is 24.8 Å². The van der Waals surface area contributed by atoms with Crippen molar-refractivity contribution in [2.75, 3.05) is 25.0 Å². The van der Waals surface area contributed by atoms with Crippen molar-refractivity contribution in [2.24, 2.45) is 0 Å². The maximum atomic E-state index is 9.15. The lowest BCUT2D eigenvalue weighted by molar-refractivity contribution is 0.254. The summed E-state index contributed by atoms with van der Waals surface area (Å²) in [6.07, 6.45) is 5.48. The zero-order valence-electron chi connectivity index (χ0n) is 10.7. The maximum absolute atomic E-state index is 9.15. The van der Waals surface area contributed by atoms with Crippen LogP contribution >= 0.6 is 0 Å². The van der Waals surface area contributed by atoms with Crippen molar-refractivity contribution >= 4 is 5.69 Å². The number of hydrogen-bond acceptors (Lipinski definition) is 4. The van der Waals surface area contributed by atoms with Crippen LogP contribution in [0.15, 0.2) is 18.3 Å². The van der Waals surface area contributed by atoms with Crippen LogP contribution in [0.1, 0.15) is 25.0 Å². The molecule has 2 aliphatic heterocycles. The Hall–Kier alpha value is -1.60. The lowest BCUT2D eigenvalue weighted by Gasteiger charge is -2.27. The molecule has 2 unspecified atom stereocenters. The number of aromatic nitrogens is 1. The van der Waals surface area contributed by atoms with Gasteiger partial charge in [-0.05, 0) is 38.4 Å². The van der Waals surface area contributed by atoms with E-state index in [2.05, 4.69) is 27.9 Å². The van der Waals surface area contributed by atoms with E-state index < -0.39 is 0 Å². The van der Waals surface area contributed by atoms with Crippen molar-refractivity contribution < 1.29 is 0 Å². The van der Waals surface area contributed by atoms with Crippen molar-refractivity contribution in [1.82, 2.24) is 9.88 Å². The number of nitriles is 1. The van der Waals surface area contributed by atoms with Gasteiger partial charge in [-0.2, -0.15) is 5.26 Å². The molecule has 0 saturated carbocycles. The van der Waals surface area contributed by atoms with Crippen LogP contribution in [0.25, 0.3) is 0 Å². The second kappa shape index (κ2) is 4.58. The fourth-order valence-corrected chi connectivity index (χ4v) is 3.27. The maximum Gasteiger partial charge on any atom is 0.163 e. The summed E-state index contributed by atoms with van der Waals surface area (Å²) in [6.45, 7) is 2.05. The van der Waals surface area contributed by atoms with Gasteiger partial charge in [0.15, 0.2) is 5.69 Å². The van der Waals surface area contributed by atoms with Crippen LogP contribution in [0.5, 0.6) is 0 Å². The highest BCUT2D eigenvalue weighted by atomic mass is 15.3. The predicted octanol–water partition coefficient (Wildman–Crippen LogP) is 1.63. The zero-order chi connectivity index (χ0) is 12.5. The van der Waals surface area contributed by atoms with E-state index >= 15 is 0 Å². The Morgan fingerprint density at radius 2 is 2.17 bits per heavy atom. The standard InChI is InChI=1S/C14H18N4/c1-17-11-4-5-12(17)10-18(8-6-11)14-3-2-7-16-13(14)9-15/h2-3,7,11-12H,4-6,8,10H2,1H3. The van der Waals surface area contributed by atoms with Gasteiger partial charge >= 0.3 is 0 Å². The number of rotatable bonds is 1. The summed E-state index contributed by atoms with van der Waals surface area (Å²) in [4.78, 5) is 9.02. The highest BCUT2D eigenvalue weighted by Gasteiger charge is 2.35. The Morgan fingerprint density at radius 1 is 1.33 bits per heavy atom. The smallest absolute Gasteiger partial charge is 0.163 e. The van der Waals surface area contributed by atoms with E-state index in [0.29, 0.717) is 11.7 Å². The molecule has 2 aliphatic rings. The van der Waals surface area contributed by atoms with Crippen LogP contribution in [0.3, 0.4) is 0 Å². The van der Waals surface area contributed by atoms with Gasteiger partial charge < -0.3 is 4.90 Å².